The van der Waals surface area contributed by atoms with Gasteiger partial charge in [-0.3, -0.25) is 4.79 Å². The zero-order valence-corrected chi connectivity index (χ0v) is 18.2. The fourth-order valence-electron chi connectivity index (χ4n) is 4.37. The summed E-state index contributed by atoms with van der Waals surface area (Å²) < 4.78 is 7.41. The van der Waals surface area contributed by atoms with E-state index in [1.54, 1.807) is 7.11 Å². The number of carbonyl (C=O) groups is 1. The van der Waals surface area contributed by atoms with Gasteiger partial charge in [0.2, 0.25) is 0 Å². The van der Waals surface area contributed by atoms with Gasteiger partial charge in [0.1, 0.15) is 5.75 Å². The molecule has 4 aromatic rings. The molecule has 32 heavy (non-hydrogen) atoms. The molecule has 0 fully saturated rings. The van der Waals surface area contributed by atoms with Gasteiger partial charge in [-0.1, -0.05) is 67.6 Å². The number of allylic oxidation sites excluding steroid dienone is 1. The molecule has 0 N–H and O–H groups in total. The number of aryl methyl sites for hydroxylation is 1. The number of ether oxygens (including phenoxy) is 1. The Balaban J connectivity index is 1.61. The average molecular weight is 425 g/mol. The maximum absolute atomic E-state index is 12.9. The Kier molecular flexibility index (Phi) is 5.27. The summed E-state index contributed by atoms with van der Waals surface area (Å²) in [5.41, 5.74) is 5.78. The summed E-state index contributed by atoms with van der Waals surface area (Å²) in [6.07, 6.45) is 6.05. The van der Waals surface area contributed by atoms with E-state index in [2.05, 4.69) is 41.4 Å². The van der Waals surface area contributed by atoms with E-state index in [4.69, 9.17) is 9.84 Å². The van der Waals surface area contributed by atoms with E-state index in [9.17, 15) is 4.79 Å². The van der Waals surface area contributed by atoms with Crippen molar-refractivity contribution in [2.45, 2.75) is 26.2 Å². The zero-order valence-electron chi connectivity index (χ0n) is 18.2. The van der Waals surface area contributed by atoms with Crippen LogP contribution < -0.4 is 4.74 Å². The van der Waals surface area contributed by atoms with Gasteiger partial charge in [-0.15, -0.1) is 10.2 Å². The Labute approximate surface area is 186 Å². The third-order valence-electron chi connectivity index (χ3n) is 5.95. The largest absolute Gasteiger partial charge is 0.496 e. The van der Waals surface area contributed by atoms with E-state index in [0.29, 0.717) is 24.2 Å². The molecule has 0 bridgehead atoms. The molecular weight excluding hydrogens is 400 g/mol. The maximum Gasteiger partial charge on any atom is 0.185 e. The third-order valence-corrected chi connectivity index (χ3v) is 5.95. The van der Waals surface area contributed by atoms with Crippen LogP contribution in [0.2, 0.25) is 0 Å². The van der Waals surface area contributed by atoms with Crippen molar-refractivity contribution in [2.75, 3.05) is 7.11 Å². The minimum Gasteiger partial charge on any atom is -0.496 e. The van der Waals surface area contributed by atoms with E-state index in [1.165, 1.54) is 0 Å². The zero-order chi connectivity index (χ0) is 22.1. The highest BCUT2D eigenvalue weighted by atomic mass is 16.5. The summed E-state index contributed by atoms with van der Waals surface area (Å²) in [7, 11) is 1.66. The predicted octanol–water partition coefficient (Wildman–Crippen LogP) is 4.82. The topological polar surface area (TPSA) is 69.4 Å². The maximum atomic E-state index is 12.9. The lowest BCUT2D eigenvalue weighted by atomic mass is 9.88. The first-order chi connectivity index (χ1) is 15.7. The van der Waals surface area contributed by atoms with Crippen LogP contribution in [-0.2, 0) is 12.8 Å². The molecule has 0 spiro atoms. The van der Waals surface area contributed by atoms with Crippen molar-refractivity contribution in [3.8, 4) is 16.9 Å². The van der Waals surface area contributed by atoms with Gasteiger partial charge in [0.25, 0.3) is 0 Å². The highest BCUT2D eigenvalue weighted by Crippen LogP contribution is 2.36. The van der Waals surface area contributed by atoms with Crippen LogP contribution in [0.5, 0.6) is 5.75 Å². The van der Waals surface area contributed by atoms with Gasteiger partial charge in [-0.2, -0.15) is 5.10 Å². The molecule has 0 amide bonds. The molecule has 6 heteroatoms. The molecule has 1 aliphatic rings. The van der Waals surface area contributed by atoms with Crippen LogP contribution in [0.15, 0.2) is 60.7 Å². The number of methoxy groups -OCH3 is 1. The standard InChI is InChI=1S/C26H24N4O2/c1-3-20-24(19-11-7-8-12-23(19)32-2)26-28-27-25-21(30(26)29-20)15-18(16-22(25)31)14-13-17-9-5-4-6-10-17/h4-14,18H,3,15-16H2,1-2H3/b14-13+/t18-/m0/s1. The lowest BCUT2D eigenvalue weighted by Gasteiger charge is -2.20. The number of hydrogen-bond donors (Lipinski definition) is 0. The SMILES string of the molecule is CCc1nn2c3c(nnc2c1-c1ccccc1OC)C(=O)C[C@@H](/C=C/c1ccccc1)C3. The van der Waals surface area contributed by atoms with Crippen LogP contribution in [0.1, 0.15) is 40.8 Å². The number of fused-ring (bicyclic) bond motifs is 3. The first kappa shape index (κ1) is 20.1. The second-order valence-electron chi connectivity index (χ2n) is 7.97. The van der Waals surface area contributed by atoms with E-state index < -0.39 is 0 Å². The summed E-state index contributed by atoms with van der Waals surface area (Å²) >= 11 is 0. The fraction of sp³-hybridized carbons (Fsp3) is 0.231. The quantitative estimate of drug-likeness (QED) is 0.459. The van der Waals surface area contributed by atoms with Crippen LogP contribution in [0.4, 0.5) is 0 Å². The first-order valence-electron chi connectivity index (χ1n) is 10.9. The van der Waals surface area contributed by atoms with Crippen LogP contribution >= 0.6 is 0 Å². The minimum atomic E-state index is 0.00996. The molecule has 2 aromatic heterocycles. The Hall–Kier alpha value is -3.80. The van der Waals surface area contributed by atoms with Crippen molar-refractivity contribution in [2.24, 2.45) is 5.92 Å². The Morgan fingerprint density at radius 1 is 1.06 bits per heavy atom. The lowest BCUT2D eigenvalue weighted by Crippen LogP contribution is -2.24. The van der Waals surface area contributed by atoms with Crippen molar-refractivity contribution in [1.82, 2.24) is 19.8 Å². The van der Waals surface area contributed by atoms with Gasteiger partial charge >= 0.3 is 0 Å². The summed E-state index contributed by atoms with van der Waals surface area (Å²) in [4.78, 5) is 12.9. The normalized spacial score (nSPS) is 15.9. The Bertz CT molecular complexity index is 1320. The van der Waals surface area contributed by atoms with Crippen LogP contribution in [-0.4, -0.2) is 32.7 Å². The molecule has 0 saturated heterocycles. The third kappa shape index (κ3) is 3.47. The minimum absolute atomic E-state index is 0.00996. The van der Waals surface area contributed by atoms with Crippen molar-refractivity contribution >= 4 is 17.5 Å². The summed E-state index contributed by atoms with van der Waals surface area (Å²) in [6, 6.07) is 18.0. The average Bonchev–Trinajstić information content (AvgIpc) is 3.22. The molecule has 1 aliphatic carbocycles. The van der Waals surface area contributed by atoms with Gasteiger partial charge in [0, 0.05) is 12.0 Å². The summed E-state index contributed by atoms with van der Waals surface area (Å²) in [5.74, 6) is 0.860. The molecule has 6 nitrogen and oxygen atoms in total. The number of nitrogens with zero attached hydrogens (tertiary/aromatic N) is 4. The van der Waals surface area contributed by atoms with Crippen molar-refractivity contribution < 1.29 is 9.53 Å². The number of ketones is 1. The molecule has 2 aromatic carbocycles. The predicted molar refractivity (Wildman–Crippen MR) is 124 cm³/mol. The number of para-hydroxylation sites is 1. The van der Waals surface area contributed by atoms with E-state index in [1.807, 2.05) is 47.0 Å². The molecule has 160 valence electrons. The molecule has 0 aliphatic heterocycles. The Morgan fingerprint density at radius 3 is 2.62 bits per heavy atom. The fourth-order valence-corrected chi connectivity index (χ4v) is 4.37. The van der Waals surface area contributed by atoms with Gasteiger partial charge in [0.05, 0.1) is 24.1 Å². The van der Waals surface area contributed by atoms with E-state index in [0.717, 1.165) is 40.2 Å². The molecule has 2 heterocycles. The number of aromatic nitrogens is 4. The van der Waals surface area contributed by atoms with Crippen LogP contribution in [0.3, 0.4) is 0 Å². The van der Waals surface area contributed by atoms with Gasteiger partial charge in [0.15, 0.2) is 17.1 Å². The number of carbonyl (C=O) groups excluding carboxylic acids is 1. The molecule has 0 unspecified atom stereocenters. The Morgan fingerprint density at radius 2 is 1.84 bits per heavy atom. The number of hydrogen-bond acceptors (Lipinski definition) is 5. The number of benzene rings is 2. The van der Waals surface area contributed by atoms with Crippen molar-refractivity contribution in [1.29, 1.82) is 0 Å². The first-order valence-corrected chi connectivity index (χ1v) is 10.9. The summed E-state index contributed by atoms with van der Waals surface area (Å²) in [6.45, 7) is 2.07. The van der Waals surface area contributed by atoms with Gasteiger partial charge in [-0.25, -0.2) is 4.52 Å². The lowest BCUT2D eigenvalue weighted by molar-refractivity contribution is 0.0950. The monoisotopic (exact) mass is 424 g/mol. The van der Waals surface area contributed by atoms with Gasteiger partial charge in [-0.05, 0) is 30.4 Å². The second-order valence-corrected chi connectivity index (χ2v) is 7.97. The van der Waals surface area contributed by atoms with Crippen LogP contribution in [0.25, 0.3) is 22.9 Å². The molecule has 5 rings (SSSR count). The highest BCUT2D eigenvalue weighted by molar-refractivity contribution is 5.97. The van der Waals surface area contributed by atoms with E-state index in [-0.39, 0.29) is 11.7 Å². The van der Waals surface area contributed by atoms with Crippen LogP contribution in [0, 0.1) is 5.92 Å². The van der Waals surface area contributed by atoms with E-state index >= 15 is 0 Å². The number of rotatable bonds is 5. The molecule has 1 atom stereocenters. The second kappa shape index (κ2) is 8.38. The van der Waals surface area contributed by atoms with Gasteiger partial charge < -0.3 is 4.74 Å². The van der Waals surface area contributed by atoms with Crippen molar-refractivity contribution in [3.05, 3.63) is 83.3 Å². The number of Topliss-reactive ketones (excluding diaryl/α,β-unsaturated/α-hetero) is 1. The van der Waals surface area contributed by atoms with Crippen molar-refractivity contribution in [3.63, 3.8) is 0 Å². The molecular formula is C26H24N4O2. The molecule has 0 saturated carbocycles. The smallest absolute Gasteiger partial charge is 0.185 e. The highest BCUT2D eigenvalue weighted by Gasteiger charge is 2.30. The summed E-state index contributed by atoms with van der Waals surface area (Å²) in [5, 5.41) is 13.7. The molecule has 0 radical (unpaired) electrons.